The summed E-state index contributed by atoms with van der Waals surface area (Å²) < 4.78 is 0. The molecule has 0 radical (unpaired) electrons. The van der Waals surface area contributed by atoms with Crippen LogP contribution < -0.4 is 4.90 Å². The molecule has 10 rings (SSSR count). The molecule has 0 N–H and O–H groups in total. The summed E-state index contributed by atoms with van der Waals surface area (Å²) in [5.41, 5.74) is 15.1. The molecule has 3 fully saturated rings. The minimum Gasteiger partial charge on any atom is -0.311 e. The molecule has 3 saturated carbocycles. The van der Waals surface area contributed by atoms with Gasteiger partial charge in [-0.2, -0.15) is 0 Å². The van der Waals surface area contributed by atoms with E-state index in [0.29, 0.717) is 0 Å². The Bertz CT molecular complexity index is 2110. The van der Waals surface area contributed by atoms with E-state index >= 15 is 0 Å². The Morgan fingerprint density at radius 1 is 0.408 bits per heavy atom. The van der Waals surface area contributed by atoms with Crippen LogP contribution >= 0.6 is 0 Å². The smallest absolute Gasteiger partial charge is 0.0462 e. The Morgan fingerprint density at radius 3 is 1.78 bits per heavy atom. The number of hydrogen-bond donors (Lipinski definition) is 0. The predicted octanol–water partition coefficient (Wildman–Crippen LogP) is 13.0. The van der Waals surface area contributed by atoms with Crippen molar-refractivity contribution in [1.29, 1.82) is 0 Å². The summed E-state index contributed by atoms with van der Waals surface area (Å²) in [6, 6.07) is 56.4. The molecule has 1 nitrogen and oxygen atoms in total. The summed E-state index contributed by atoms with van der Waals surface area (Å²) in [6.07, 6.45) is 10.1. The number of rotatable bonds is 5. The van der Waals surface area contributed by atoms with Gasteiger partial charge in [0.15, 0.2) is 0 Å². The van der Waals surface area contributed by atoms with E-state index in [0.717, 1.165) is 35.0 Å². The maximum absolute atomic E-state index is 2.50. The maximum atomic E-state index is 2.50. The average Bonchev–Trinajstić information content (AvgIpc) is 3.68. The van der Waals surface area contributed by atoms with Gasteiger partial charge in [-0.1, -0.05) is 141 Å². The molecule has 0 aliphatic heterocycles. The van der Waals surface area contributed by atoms with Crippen LogP contribution in [0.1, 0.15) is 56.1 Å². The van der Waals surface area contributed by atoms with Crippen LogP contribution in [0.4, 0.5) is 17.1 Å². The summed E-state index contributed by atoms with van der Waals surface area (Å²) in [6.45, 7) is 0. The third-order valence-corrected chi connectivity index (χ3v) is 12.7. The van der Waals surface area contributed by atoms with Crippen molar-refractivity contribution in [2.24, 2.45) is 23.7 Å². The van der Waals surface area contributed by atoms with Crippen molar-refractivity contribution in [1.82, 2.24) is 0 Å². The van der Waals surface area contributed by atoms with Gasteiger partial charge in [-0.05, 0) is 124 Å². The van der Waals surface area contributed by atoms with Crippen LogP contribution in [0, 0.1) is 23.7 Å². The second-order valence-electron chi connectivity index (χ2n) is 15.2. The molecule has 5 atom stereocenters. The second kappa shape index (κ2) is 11.6. The lowest BCUT2D eigenvalue weighted by molar-refractivity contribution is 0.212. The highest BCUT2D eigenvalue weighted by atomic mass is 15.1. The first kappa shape index (κ1) is 29.1. The van der Waals surface area contributed by atoms with Gasteiger partial charge in [-0.3, -0.25) is 0 Å². The van der Waals surface area contributed by atoms with Gasteiger partial charge >= 0.3 is 0 Å². The van der Waals surface area contributed by atoms with E-state index in [-0.39, 0.29) is 5.41 Å². The van der Waals surface area contributed by atoms with Crippen LogP contribution in [0.2, 0.25) is 0 Å². The van der Waals surface area contributed by atoms with Crippen LogP contribution in [-0.4, -0.2) is 0 Å². The van der Waals surface area contributed by atoms with E-state index in [4.69, 9.17) is 0 Å². The molecular weight excluding hydrogens is 591 g/mol. The number of benzene rings is 6. The van der Waals surface area contributed by atoms with E-state index in [2.05, 4.69) is 157 Å². The number of anilines is 3. The molecule has 6 aromatic carbocycles. The highest BCUT2D eigenvalue weighted by Crippen LogP contribution is 2.74. The number of fused-ring (bicyclic) bond motifs is 10. The highest BCUT2D eigenvalue weighted by molar-refractivity contribution is 5.94. The largest absolute Gasteiger partial charge is 0.311 e. The molecule has 1 heteroatoms. The summed E-state index contributed by atoms with van der Waals surface area (Å²) in [4.78, 5) is 2.37. The van der Waals surface area contributed by atoms with Crippen molar-refractivity contribution < 1.29 is 0 Å². The summed E-state index contributed by atoms with van der Waals surface area (Å²) >= 11 is 0. The first-order valence-electron chi connectivity index (χ1n) is 18.6. The lowest BCUT2D eigenvalue weighted by Gasteiger charge is -2.31. The van der Waals surface area contributed by atoms with E-state index in [1.807, 2.05) is 0 Å². The van der Waals surface area contributed by atoms with Gasteiger partial charge in [0.2, 0.25) is 0 Å². The minimum atomic E-state index is 0.218. The van der Waals surface area contributed by atoms with Gasteiger partial charge in [-0.15, -0.1) is 0 Å². The second-order valence-corrected chi connectivity index (χ2v) is 15.2. The zero-order chi connectivity index (χ0) is 32.4. The Labute approximate surface area is 291 Å². The van der Waals surface area contributed by atoms with E-state index in [1.165, 1.54) is 84.0 Å². The molecular formula is C48H43N. The normalized spacial score (nSPS) is 24.7. The van der Waals surface area contributed by atoms with E-state index in [1.54, 1.807) is 11.1 Å². The zero-order valence-electron chi connectivity index (χ0n) is 28.1. The fraction of sp³-hybridized carbons (Fsp3) is 0.250. The Morgan fingerprint density at radius 2 is 1.00 bits per heavy atom. The SMILES string of the molecule is c1ccc(-c2ccc(N(c3ccccc3)c3ccc(-c4cccc5c4-c4ccccc4C54C5CCC6CCCC(C6)CC54)cc3)cc2)cc1. The fourth-order valence-corrected chi connectivity index (χ4v) is 10.7. The topological polar surface area (TPSA) is 3.24 Å². The van der Waals surface area contributed by atoms with Gasteiger partial charge in [0.1, 0.15) is 0 Å². The Kier molecular flexibility index (Phi) is 6.90. The monoisotopic (exact) mass is 633 g/mol. The molecule has 4 aliphatic rings. The summed E-state index contributed by atoms with van der Waals surface area (Å²) in [5, 5.41) is 0. The Hall–Kier alpha value is -4.88. The quantitative estimate of drug-likeness (QED) is 0.183. The molecule has 0 heterocycles. The van der Waals surface area contributed by atoms with Gasteiger partial charge in [-0.25, -0.2) is 0 Å². The van der Waals surface area contributed by atoms with E-state index in [9.17, 15) is 0 Å². The molecule has 0 amide bonds. The third-order valence-electron chi connectivity index (χ3n) is 12.7. The molecule has 0 saturated heterocycles. The van der Waals surface area contributed by atoms with Crippen LogP contribution in [0.3, 0.4) is 0 Å². The molecule has 0 aromatic heterocycles. The van der Waals surface area contributed by atoms with Crippen molar-refractivity contribution in [3.63, 3.8) is 0 Å². The molecule has 2 bridgehead atoms. The van der Waals surface area contributed by atoms with Crippen LogP contribution in [-0.2, 0) is 5.41 Å². The van der Waals surface area contributed by atoms with Crippen LogP contribution in [0.25, 0.3) is 33.4 Å². The van der Waals surface area contributed by atoms with Crippen molar-refractivity contribution in [2.45, 2.75) is 50.4 Å². The Balaban J connectivity index is 1.03. The first-order valence-corrected chi connectivity index (χ1v) is 18.6. The summed E-state index contributed by atoms with van der Waals surface area (Å²) in [5.74, 6) is 3.49. The lowest BCUT2D eigenvalue weighted by Crippen LogP contribution is -2.18. The third kappa shape index (κ3) is 4.66. The van der Waals surface area contributed by atoms with Crippen molar-refractivity contribution in [2.75, 3.05) is 4.90 Å². The number of nitrogens with zero attached hydrogens (tertiary/aromatic N) is 1. The summed E-state index contributed by atoms with van der Waals surface area (Å²) in [7, 11) is 0. The number of para-hydroxylation sites is 1. The van der Waals surface area contributed by atoms with Crippen molar-refractivity contribution in [3.05, 3.63) is 163 Å². The van der Waals surface area contributed by atoms with Gasteiger partial charge in [0.25, 0.3) is 0 Å². The lowest BCUT2D eigenvalue weighted by atomic mass is 9.75. The van der Waals surface area contributed by atoms with Gasteiger partial charge < -0.3 is 4.90 Å². The predicted molar refractivity (Wildman–Crippen MR) is 204 cm³/mol. The first-order chi connectivity index (χ1) is 24.3. The standard InChI is InChI=1S/C48H43N/c1-3-13-35(14-4-1)36-22-26-39(27-23-36)49(38-15-5-2-6-16-38)40-28-24-37(25-29-40)41-18-10-20-45-47(41)42-17-7-8-19-43(42)48(45)44-30-21-33-11-9-12-34(31-33)32-46(44)48/h1-8,10,13-20,22-29,33-34,44,46H,9,11-12,21,30-32H2. The molecule has 1 spiro atoms. The molecule has 5 unspecified atom stereocenters. The van der Waals surface area contributed by atoms with Crippen molar-refractivity contribution in [3.8, 4) is 33.4 Å². The molecule has 49 heavy (non-hydrogen) atoms. The van der Waals surface area contributed by atoms with Crippen molar-refractivity contribution >= 4 is 17.1 Å². The van der Waals surface area contributed by atoms with Gasteiger partial charge in [0, 0.05) is 22.5 Å². The van der Waals surface area contributed by atoms with Gasteiger partial charge in [0.05, 0.1) is 0 Å². The van der Waals surface area contributed by atoms with E-state index < -0.39 is 0 Å². The minimum absolute atomic E-state index is 0.218. The molecule has 6 aromatic rings. The zero-order valence-corrected chi connectivity index (χ0v) is 28.1. The molecule has 240 valence electrons. The number of hydrogen-bond acceptors (Lipinski definition) is 1. The molecule has 4 aliphatic carbocycles. The van der Waals surface area contributed by atoms with Crippen LogP contribution in [0.5, 0.6) is 0 Å². The van der Waals surface area contributed by atoms with Crippen LogP contribution in [0.15, 0.2) is 152 Å². The highest BCUT2D eigenvalue weighted by Gasteiger charge is 2.69. The fourth-order valence-electron chi connectivity index (χ4n) is 10.7. The average molecular weight is 634 g/mol. The maximum Gasteiger partial charge on any atom is 0.0462 e.